The van der Waals surface area contributed by atoms with E-state index in [1.165, 1.54) is 25.5 Å². The molecule has 0 fully saturated rings. The fourth-order valence-corrected chi connectivity index (χ4v) is 2.81. The minimum atomic E-state index is -3.66. The van der Waals surface area contributed by atoms with Gasteiger partial charge in [0.15, 0.2) is 0 Å². The largest absolute Gasteiger partial charge is 0.496 e. The summed E-state index contributed by atoms with van der Waals surface area (Å²) in [6.45, 7) is 0. The van der Waals surface area contributed by atoms with Crippen LogP contribution in [0.4, 0.5) is 0 Å². The Kier molecular flexibility index (Phi) is 4.98. The van der Waals surface area contributed by atoms with Gasteiger partial charge in [0.05, 0.1) is 18.2 Å². The van der Waals surface area contributed by atoms with E-state index in [1.807, 2.05) is 6.07 Å². The maximum atomic E-state index is 12.0. The molecule has 2 rings (SSSR count). The number of hydrazone groups is 1. The lowest BCUT2D eigenvalue weighted by Crippen LogP contribution is -2.18. The van der Waals surface area contributed by atoms with Crippen molar-refractivity contribution >= 4 is 32.2 Å². The predicted octanol–water partition coefficient (Wildman–Crippen LogP) is 2.77. The second-order valence-corrected chi connectivity index (χ2v) is 6.63. The van der Waals surface area contributed by atoms with Crippen LogP contribution in [0.2, 0.25) is 0 Å². The summed E-state index contributed by atoms with van der Waals surface area (Å²) in [7, 11) is -2.12. The van der Waals surface area contributed by atoms with Crippen molar-refractivity contribution in [2.24, 2.45) is 5.10 Å². The average molecular weight is 369 g/mol. The SMILES string of the molecule is COc1ccc(Br)cc1/C=N\NS(=O)(=O)c1ccccc1. The number of hydrogen-bond acceptors (Lipinski definition) is 4. The van der Waals surface area contributed by atoms with Crippen molar-refractivity contribution in [2.75, 3.05) is 7.11 Å². The van der Waals surface area contributed by atoms with Gasteiger partial charge in [0.25, 0.3) is 10.0 Å². The minimum Gasteiger partial charge on any atom is -0.496 e. The second-order valence-electron chi connectivity index (χ2n) is 4.05. The number of methoxy groups -OCH3 is 1. The standard InChI is InChI=1S/C14H13BrN2O3S/c1-20-14-8-7-12(15)9-11(14)10-16-17-21(18,19)13-5-3-2-4-6-13/h2-10,17H,1H3/b16-10-. The monoisotopic (exact) mass is 368 g/mol. The summed E-state index contributed by atoms with van der Waals surface area (Å²) in [6, 6.07) is 13.4. The van der Waals surface area contributed by atoms with Crippen LogP contribution in [0.3, 0.4) is 0 Å². The maximum absolute atomic E-state index is 12.0. The van der Waals surface area contributed by atoms with E-state index in [9.17, 15) is 8.42 Å². The molecule has 7 heteroatoms. The van der Waals surface area contributed by atoms with Gasteiger partial charge in [-0.15, -0.1) is 0 Å². The fourth-order valence-electron chi connectivity index (χ4n) is 1.62. The van der Waals surface area contributed by atoms with Crippen LogP contribution in [0, 0.1) is 0 Å². The third kappa shape index (κ3) is 4.05. The Hall–Kier alpha value is -1.86. The van der Waals surface area contributed by atoms with E-state index in [2.05, 4.69) is 25.9 Å². The van der Waals surface area contributed by atoms with Crippen molar-refractivity contribution in [1.29, 1.82) is 0 Å². The van der Waals surface area contributed by atoms with Crippen molar-refractivity contribution in [3.05, 3.63) is 58.6 Å². The lowest BCUT2D eigenvalue weighted by atomic mass is 10.2. The zero-order chi connectivity index (χ0) is 15.3. The highest BCUT2D eigenvalue weighted by molar-refractivity contribution is 9.10. The number of rotatable bonds is 5. The molecule has 2 aromatic carbocycles. The molecule has 0 spiro atoms. The van der Waals surface area contributed by atoms with Crippen LogP contribution >= 0.6 is 15.9 Å². The highest BCUT2D eigenvalue weighted by Gasteiger charge is 2.11. The predicted molar refractivity (Wildman–Crippen MR) is 85.1 cm³/mol. The number of benzene rings is 2. The topological polar surface area (TPSA) is 67.8 Å². The van der Waals surface area contributed by atoms with Crippen LogP contribution in [0.1, 0.15) is 5.56 Å². The number of hydrogen-bond donors (Lipinski definition) is 1. The lowest BCUT2D eigenvalue weighted by Gasteiger charge is -2.05. The van der Waals surface area contributed by atoms with Crippen LogP contribution in [-0.4, -0.2) is 21.7 Å². The summed E-state index contributed by atoms with van der Waals surface area (Å²) >= 11 is 3.34. The van der Waals surface area contributed by atoms with Crippen molar-refractivity contribution in [1.82, 2.24) is 4.83 Å². The summed E-state index contributed by atoms with van der Waals surface area (Å²) < 4.78 is 30.0. The Morgan fingerprint density at radius 3 is 2.57 bits per heavy atom. The molecule has 0 aliphatic rings. The third-order valence-corrected chi connectivity index (χ3v) is 4.35. The first-order chi connectivity index (χ1) is 10.0. The Morgan fingerprint density at radius 1 is 1.19 bits per heavy atom. The molecule has 21 heavy (non-hydrogen) atoms. The first kappa shape index (κ1) is 15.5. The van der Waals surface area contributed by atoms with Crippen molar-refractivity contribution in [3.8, 4) is 5.75 Å². The summed E-state index contributed by atoms with van der Waals surface area (Å²) in [5, 5.41) is 3.78. The van der Waals surface area contributed by atoms with Gasteiger partial charge in [-0.2, -0.15) is 13.5 Å². The van der Waals surface area contributed by atoms with E-state index in [4.69, 9.17) is 4.74 Å². The van der Waals surface area contributed by atoms with E-state index in [1.54, 1.807) is 30.3 Å². The first-order valence-corrected chi connectivity index (χ1v) is 8.24. The van der Waals surface area contributed by atoms with Gasteiger partial charge in [0, 0.05) is 10.0 Å². The number of nitrogens with one attached hydrogen (secondary N) is 1. The number of sulfonamides is 1. The minimum absolute atomic E-state index is 0.156. The smallest absolute Gasteiger partial charge is 0.276 e. The lowest BCUT2D eigenvalue weighted by molar-refractivity contribution is 0.414. The Balaban J connectivity index is 2.18. The molecule has 0 heterocycles. The van der Waals surface area contributed by atoms with E-state index in [0.29, 0.717) is 11.3 Å². The van der Waals surface area contributed by atoms with Gasteiger partial charge in [-0.05, 0) is 30.3 Å². The molecule has 0 saturated heterocycles. The highest BCUT2D eigenvalue weighted by Crippen LogP contribution is 2.21. The van der Waals surface area contributed by atoms with Crippen molar-refractivity contribution in [2.45, 2.75) is 4.90 Å². The van der Waals surface area contributed by atoms with Gasteiger partial charge < -0.3 is 4.74 Å². The fraction of sp³-hybridized carbons (Fsp3) is 0.0714. The van der Waals surface area contributed by atoms with Gasteiger partial charge in [-0.25, -0.2) is 4.83 Å². The third-order valence-electron chi connectivity index (χ3n) is 2.62. The zero-order valence-electron chi connectivity index (χ0n) is 11.2. The molecule has 0 saturated carbocycles. The van der Waals surface area contributed by atoms with Crippen LogP contribution < -0.4 is 9.57 Å². The van der Waals surface area contributed by atoms with Crippen LogP contribution in [0.25, 0.3) is 0 Å². The van der Waals surface area contributed by atoms with Crippen LogP contribution in [0.5, 0.6) is 5.75 Å². The van der Waals surface area contributed by atoms with Gasteiger partial charge in [0.1, 0.15) is 5.75 Å². The van der Waals surface area contributed by atoms with Gasteiger partial charge in [0.2, 0.25) is 0 Å². The Morgan fingerprint density at radius 2 is 1.90 bits per heavy atom. The van der Waals surface area contributed by atoms with Crippen molar-refractivity contribution in [3.63, 3.8) is 0 Å². The summed E-state index contributed by atoms with van der Waals surface area (Å²) in [4.78, 5) is 2.32. The Bertz CT molecular complexity index is 746. The summed E-state index contributed by atoms with van der Waals surface area (Å²) in [6.07, 6.45) is 1.39. The quantitative estimate of drug-likeness (QED) is 0.651. The molecule has 0 bridgehead atoms. The Labute approximate surface area is 131 Å². The number of nitrogens with zero attached hydrogens (tertiary/aromatic N) is 1. The summed E-state index contributed by atoms with van der Waals surface area (Å²) in [5.74, 6) is 0.598. The van der Waals surface area contributed by atoms with E-state index < -0.39 is 10.0 Å². The highest BCUT2D eigenvalue weighted by atomic mass is 79.9. The zero-order valence-corrected chi connectivity index (χ0v) is 13.6. The number of halogens is 1. The molecule has 110 valence electrons. The normalized spacial score (nSPS) is 11.5. The molecule has 2 aromatic rings. The average Bonchev–Trinajstić information content (AvgIpc) is 2.48. The van der Waals surface area contributed by atoms with E-state index in [-0.39, 0.29) is 4.90 Å². The van der Waals surface area contributed by atoms with Gasteiger partial charge in [-0.1, -0.05) is 34.1 Å². The van der Waals surface area contributed by atoms with Crippen molar-refractivity contribution < 1.29 is 13.2 Å². The molecular formula is C14H13BrN2O3S. The molecule has 0 aliphatic heterocycles. The first-order valence-electron chi connectivity index (χ1n) is 5.96. The van der Waals surface area contributed by atoms with Crippen LogP contribution in [0.15, 0.2) is 63.0 Å². The molecule has 5 nitrogen and oxygen atoms in total. The molecule has 0 atom stereocenters. The van der Waals surface area contributed by atoms with E-state index in [0.717, 1.165) is 4.47 Å². The molecule has 0 amide bonds. The molecule has 0 unspecified atom stereocenters. The van der Waals surface area contributed by atoms with Crippen LogP contribution in [-0.2, 0) is 10.0 Å². The van der Waals surface area contributed by atoms with E-state index >= 15 is 0 Å². The van der Waals surface area contributed by atoms with Gasteiger partial charge in [-0.3, -0.25) is 0 Å². The molecular weight excluding hydrogens is 356 g/mol. The summed E-state index contributed by atoms with van der Waals surface area (Å²) in [5.41, 5.74) is 0.655. The molecule has 0 aliphatic carbocycles. The second kappa shape index (κ2) is 6.73. The number of ether oxygens (including phenoxy) is 1. The van der Waals surface area contributed by atoms with Gasteiger partial charge >= 0.3 is 0 Å². The molecule has 0 radical (unpaired) electrons. The molecule has 1 N–H and O–H groups in total. The molecule has 0 aromatic heterocycles. The maximum Gasteiger partial charge on any atom is 0.276 e.